The molecule has 5 heteroatoms. The maximum Gasteiger partial charge on any atom is 0.0594 e. The molecule has 142 valence electrons. The molecule has 0 aliphatic carbocycles. The van der Waals surface area contributed by atoms with Crippen LogP contribution < -0.4 is 15.4 Å². The first-order valence-electron chi connectivity index (χ1n) is 9.46. The highest BCUT2D eigenvalue weighted by atomic mass is 32.2. The molecule has 0 atom stereocenters. The van der Waals surface area contributed by atoms with Gasteiger partial charge in [-0.05, 0) is 61.0 Å². The molecule has 0 unspecified atom stereocenters. The van der Waals surface area contributed by atoms with Gasteiger partial charge < -0.3 is 20.1 Å². The van der Waals surface area contributed by atoms with E-state index >= 15 is 0 Å². The van der Waals surface area contributed by atoms with E-state index in [2.05, 4.69) is 45.7 Å². The molecule has 0 bridgehead atoms. The Hall–Kier alpha value is -1.85. The van der Waals surface area contributed by atoms with E-state index in [0.717, 1.165) is 49.7 Å². The van der Waals surface area contributed by atoms with Crippen molar-refractivity contribution in [3.8, 4) is 0 Å². The molecule has 1 aliphatic heterocycles. The van der Waals surface area contributed by atoms with E-state index in [1.54, 1.807) is 11.9 Å². The van der Waals surface area contributed by atoms with E-state index in [1.807, 2.05) is 39.1 Å². The van der Waals surface area contributed by atoms with Gasteiger partial charge in [0.25, 0.3) is 0 Å². The first-order valence-corrected chi connectivity index (χ1v) is 10.3. The van der Waals surface area contributed by atoms with Gasteiger partial charge in [-0.1, -0.05) is 32.0 Å². The highest BCUT2D eigenvalue weighted by Crippen LogP contribution is 2.29. The summed E-state index contributed by atoms with van der Waals surface area (Å²) < 4.78 is 8.83. The van der Waals surface area contributed by atoms with Crippen molar-refractivity contribution in [2.75, 3.05) is 42.2 Å². The van der Waals surface area contributed by atoms with Crippen LogP contribution in [0.5, 0.6) is 0 Å². The largest absolute Gasteiger partial charge is 0.386 e. The van der Waals surface area contributed by atoms with Crippen molar-refractivity contribution in [2.45, 2.75) is 31.6 Å². The third-order valence-corrected chi connectivity index (χ3v) is 5.09. The van der Waals surface area contributed by atoms with Crippen molar-refractivity contribution in [3.63, 3.8) is 0 Å². The molecule has 0 aromatic heterocycles. The Morgan fingerprint density at radius 3 is 2.42 bits per heavy atom. The van der Waals surface area contributed by atoms with Crippen molar-refractivity contribution < 1.29 is 4.74 Å². The second-order valence-corrected chi connectivity index (χ2v) is 6.84. The van der Waals surface area contributed by atoms with Crippen LogP contribution >= 0.6 is 11.9 Å². The molecular formula is C21H31N3OS. The van der Waals surface area contributed by atoms with Crippen LogP contribution in [0.2, 0.25) is 0 Å². The van der Waals surface area contributed by atoms with E-state index in [9.17, 15) is 0 Å². The Labute approximate surface area is 162 Å². The molecule has 1 aliphatic rings. The topological polar surface area (TPSA) is 45.3 Å². The molecule has 26 heavy (non-hydrogen) atoms. The van der Waals surface area contributed by atoms with E-state index in [-0.39, 0.29) is 0 Å². The Morgan fingerprint density at radius 1 is 1.00 bits per heavy atom. The van der Waals surface area contributed by atoms with Gasteiger partial charge in [-0.3, -0.25) is 0 Å². The fourth-order valence-electron chi connectivity index (χ4n) is 2.78. The molecule has 2 aromatic carbocycles. The van der Waals surface area contributed by atoms with Gasteiger partial charge >= 0.3 is 0 Å². The number of nitrogens with one attached hydrogen (secondary N) is 3. The number of ether oxygens (including phenoxy) is 1. The van der Waals surface area contributed by atoms with Crippen molar-refractivity contribution in [1.29, 1.82) is 0 Å². The number of anilines is 3. The summed E-state index contributed by atoms with van der Waals surface area (Å²) in [6, 6.07) is 16.7. The molecule has 0 amide bonds. The molecular weight excluding hydrogens is 342 g/mol. The highest BCUT2D eigenvalue weighted by Gasteiger charge is 2.14. The standard InChI is InChI=1S/C19H25N3OS.C2H6/c1-20-19-13-16(22-24-17-5-3-2-4-6-17)7-8-18(19)21-14-15-9-11-23-12-10-15;1-2/h2-8,13,15,20-22H,9-12,14H2,1H3;1-2H3. The monoisotopic (exact) mass is 373 g/mol. The van der Waals surface area contributed by atoms with E-state index in [4.69, 9.17) is 4.74 Å². The van der Waals surface area contributed by atoms with Crippen LogP contribution in [-0.2, 0) is 4.74 Å². The molecule has 0 radical (unpaired) electrons. The van der Waals surface area contributed by atoms with Crippen LogP contribution in [0.25, 0.3) is 0 Å². The van der Waals surface area contributed by atoms with Gasteiger partial charge in [0.2, 0.25) is 0 Å². The third-order valence-electron chi connectivity index (χ3n) is 4.24. The Kier molecular flexibility index (Phi) is 9.21. The second kappa shape index (κ2) is 11.7. The SMILES string of the molecule is CC.CNc1cc(NSc2ccccc2)ccc1NCC1CCOCC1. The summed E-state index contributed by atoms with van der Waals surface area (Å²) in [5.74, 6) is 0.704. The van der Waals surface area contributed by atoms with Crippen molar-refractivity contribution in [3.05, 3.63) is 48.5 Å². The van der Waals surface area contributed by atoms with Crippen LogP contribution in [0.3, 0.4) is 0 Å². The summed E-state index contributed by atoms with van der Waals surface area (Å²) in [5, 5.41) is 6.87. The summed E-state index contributed by atoms with van der Waals surface area (Å²) >= 11 is 1.62. The van der Waals surface area contributed by atoms with Gasteiger partial charge in [0, 0.05) is 37.4 Å². The van der Waals surface area contributed by atoms with Gasteiger partial charge in [-0.25, -0.2) is 0 Å². The Balaban J connectivity index is 0.00000117. The minimum absolute atomic E-state index is 0.704. The molecule has 0 saturated carbocycles. The number of rotatable bonds is 7. The summed E-state index contributed by atoms with van der Waals surface area (Å²) in [6.07, 6.45) is 2.30. The molecule has 4 nitrogen and oxygen atoms in total. The quantitative estimate of drug-likeness (QED) is 0.542. The fraction of sp³-hybridized carbons (Fsp3) is 0.429. The third kappa shape index (κ3) is 6.46. The first-order chi connectivity index (χ1) is 12.8. The van der Waals surface area contributed by atoms with Crippen molar-refractivity contribution in [1.82, 2.24) is 0 Å². The predicted octanol–water partition coefficient (Wildman–Crippen LogP) is 5.71. The number of benzene rings is 2. The normalized spacial score (nSPS) is 14.1. The summed E-state index contributed by atoms with van der Waals surface area (Å²) in [7, 11) is 1.96. The van der Waals surface area contributed by atoms with E-state index in [1.165, 1.54) is 4.90 Å². The number of hydrogen-bond acceptors (Lipinski definition) is 5. The first kappa shape index (κ1) is 20.5. The van der Waals surface area contributed by atoms with Crippen molar-refractivity contribution >= 4 is 29.0 Å². The number of hydrogen-bond donors (Lipinski definition) is 3. The predicted molar refractivity (Wildman–Crippen MR) is 115 cm³/mol. The molecule has 2 aromatic rings. The molecule has 1 saturated heterocycles. The average Bonchev–Trinajstić information content (AvgIpc) is 2.74. The minimum Gasteiger partial charge on any atom is -0.386 e. The zero-order valence-corrected chi connectivity index (χ0v) is 16.9. The highest BCUT2D eigenvalue weighted by molar-refractivity contribution is 8.00. The lowest BCUT2D eigenvalue weighted by atomic mass is 10.0. The van der Waals surface area contributed by atoms with Crippen LogP contribution in [0, 0.1) is 5.92 Å². The summed E-state index contributed by atoms with van der Waals surface area (Å²) in [4.78, 5) is 1.20. The lowest BCUT2D eigenvalue weighted by molar-refractivity contribution is 0.0699. The smallest absolute Gasteiger partial charge is 0.0594 e. The average molecular weight is 374 g/mol. The minimum atomic E-state index is 0.704. The molecule has 1 heterocycles. The van der Waals surface area contributed by atoms with Gasteiger partial charge in [-0.2, -0.15) is 0 Å². The lowest BCUT2D eigenvalue weighted by Crippen LogP contribution is -2.22. The summed E-state index contributed by atoms with van der Waals surface area (Å²) in [6.45, 7) is 6.79. The zero-order chi connectivity index (χ0) is 18.6. The van der Waals surface area contributed by atoms with Crippen LogP contribution in [-0.4, -0.2) is 26.8 Å². The van der Waals surface area contributed by atoms with Crippen LogP contribution in [0.4, 0.5) is 17.1 Å². The van der Waals surface area contributed by atoms with Crippen LogP contribution in [0.1, 0.15) is 26.7 Å². The van der Waals surface area contributed by atoms with E-state index < -0.39 is 0 Å². The van der Waals surface area contributed by atoms with E-state index in [0.29, 0.717) is 5.92 Å². The maximum atomic E-state index is 5.43. The molecule has 3 rings (SSSR count). The molecule has 3 N–H and O–H groups in total. The van der Waals surface area contributed by atoms with Gasteiger partial charge in [0.1, 0.15) is 0 Å². The molecule has 0 spiro atoms. The Bertz CT molecular complexity index is 630. The second-order valence-electron chi connectivity index (χ2n) is 5.96. The fourth-order valence-corrected chi connectivity index (χ4v) is 3.44. The van der Waals surface area contributed by atoms with Gasteiger partial charge in [-0.15, -0.1) is 0 Å². The Morgan fingerprint density at radius 2 is 1.73 bits per heavy atom. The lowest BCUT2D eigenvalue weighted by Gasteiger charge is -2.23. The van der Waals surface area contributed by atoms with Gasteiger partial charge in [0.05, 0.1) is 11.4 Å². The maximum absolute atomic E-state index is 5.43. The van der Waals surface area contributed by atoms with Gasteiger partial charge in [0.15, 0.2) is 0 Å². The molecule has 1 fully saturated rings. The van der Waals surface area contributed by atoms with Crippen molar-refractivity contribution in [2.24, 2.45) is 5.92 Å². The van der Waals surface area contributed by atoms with Crippen LogP contribution in [0.15, 0.2) is 53.4 Å². The summed E-state index contributed by atoms with van der Waals surface area (Å²) in [5.41, 5.74) is 3.35. The zero-order valence-electron chi connectivity index (χ0n) is 16.0.